The molecule has 0 unspecified atom stereocenters. The molecule has 1 aliphatic rings. The number of carbonyl (C=O) groups excluding carboxylic acids is 1. The summed E-state index contributed by atoms with van der Waals surface area (Å²) in [6.07, 6.45) is 4.02. The molecule has 0 aromatic carbocycles. The van der Waals surface area contributed by atoms with E-state index in [0.29, 0.717) is 11.5 Å². The molecule has 0 radical (unpaired) electrons. The van der Waals surface area contributed by atoms with E-state index in [-0.39, 0.29) is 5.41 Å². The molecule has 92 valence electrons. The van der Waals surface area contributed by atoms with Gasteiger partial charge in [-0.25, -0.2) is 9.97 Å². The molecule has 2 N–H and O–H groups in total. The monoisotopic (exact) mass is 233 g/mol. The van der Waals surface area contributed by atoms with Gasteiger partial charge >= 0.3 is 0 Å². The Morgan fingerprint density at radius 3 is 2.41 bits per heavy atom. The quantitative estimate of drug-likeness (QED) is 0.803. The summed E-state index contributed by atoms with van der Waals surface area (Å²) in [4.78, 5) is 20.5. The van der Waals surface area contributed by atoms with E-state index < -0.39 is 5.91 Å². The number of rotatable bonds is 1. The fraction of sp³-hybridized carbons (Fsp3) is 0.615. The van der Waals surface area contributed by atoms with Gasteiger partial charge in [0.05, 0.1) is 0 Å². The van der Waals surface area contributed by atoms with Crippen LogP contribution in [0, 0.1) is 0 Å². The fourth-order valence-corrected chi connectivity index (χ4v) is 2.13. The lowest BCUT2D eigenvalue weighted by atomic mass is 9.91. The molecule has 1 aliphatic carbocycles. The molecule has 0 spiro atoms. The lowest BCUT2D eigenvalue weighted by Gasteiger charge is -2.22. The molecule has 0 fully saturated rings. The zero-order valence-corrected chi connectivity index (χ0v) is 10.7. The SMILES string of the molecule is CC(C)(C)c1nc2c(c(C(N)=O)n1)CCCC2. The molecule has 1 aromatic rings. The number of primary amides is 1. The maximum atomic E-state index is 11.5. The first-order valence-electron chi connectivity index (χ1n) is 6.09. The minimum atomic E-state index is -0.434. The number of carbonyl (C=O) groups is 1. The normalized spacial score (nSPS) is 15.5. The molecule has 0 saturated carbocycles. The summed E-state index contributed by atoms with van der Waals surface area (Å²) < 4.78 is 0. The largest absolute Gasteiger partial charge is 0.364 e. The second-order valence-corrected chi connectivity index (χ2v) is 5.64. The predicted molar refractivity (Wildman–Crippen MR) is 65.9 cm³/mol. The number of hydrogen-bond acceptors (Lipinski definition) is 3. The molecule has 1 amide bonds. The standard InChI is InChI=1S/C13H19N3O/c1-13(2,3)12-15-9-7-5-4-6-8(9)10(16-12)11(14)17/h4-7H2,1-3H3,(H2,14,17). The van der Waals surface area contributed by atoms with Crippen molar-refractivity contribution in [1.29, 1.82) is 0 Å². The van der Waals surface area contributed by atoms with E-state index in [1.165, 1.54) is 0 Å². The van der Waals surface area contributed by atoms with Crippen molar-refractivity contribution in [3.05, 3.63) is 22.8 Å². The molecule has 0 saturated heterocycles. The number of nitrogens with two attached hydrogens (primary N) is 1. The molecular formula is C13H19N3O. The fourth-order valence-electron chi connectivity index (χ4n) is 2.13. The van der Waals surface area contributed by atoms with E-state index in [1.54, 1.807) is 0 Å². The summed E-state index contributed by atoms with van der Waals surface area (Å²) in [5.74, 6) is 0.281. The lowest BCUT2D eigenvalue weighted by Crippen LogP contribution is -2.26. The van der Waals surface area contributed by atoms with Gasteiger partial charge in [-0.1, -0.05) is 20.8 Å². The van der Waals surface area contributed by atoms with Crippen LogP contribution in [0.1, 0.15) is 61.2 Å². The van der Waals surface area contributed by atoms with Gasteiger partial charge in [0.1, 0.15) is 11.5 Å². The number of aryl methyl sites for hydroxylation is 1. The van der Waals surface area contributed by atoms with E-state index in [2.05, 4.69) is 9.97 Å². The third-order valence-corrected chi connectivity index (χ3v) is 3.09. The van der Waals surface area contributed by atoms with Crippen LogP contribution in [0.2, 0.25) is 0 Å². The number of nitrogens with zero attached hydrogens (tertiary/aromatic N) is 2. The zero-order chi connectivity index (χ0) is 12.6. The number of aromatic nitrogens is 2. The molecular weight excluding hydrogens is 214 g/mol. The van der Waals surface area contributed by atoms with Gasteiger partial charge in [-0.3, -0.25) is 4.79 Å². The van der Waals surface area contributed by atoms with Crippen molar-refractivity contribution in [2.75, 3.05) is 0 Å². The average molecular weight is 233 g/mol. The van der Waals surface area contributed by atoms with E-state index in [0.717, 1.165) is 36.9 Å². The van der Waals surface area contributed by atoms with Gasteiger partial charge < -0.3 is 5.73 Å². The van der Waals surface area contributed by atoms with E-state index in [4.69, 9.17) is 5.73 Å². The van der Waals surface area contributed by atoms with Gasteiger partial charge in [-0.15, -0.1) is 0 Å². The number of amides is 1. The van der Waals surface area contributed by atoms with Crippen LogP contribution in [0.4, 0.5) is 0 Å². The van der Waals surface area contributed by atoms with Gasteiger partial charge in [0.2, 0.25) is 0 Å². The van der Waals surface area contributed by atoms with Crippen LogP contribution in [0.5, 0.6) is 0 Å². The summed E-state index contributed by atoms with van der Waals surface area (Å²) in [5, 5.41) is 0. The Morgan fingerprint density at radius 1 is 1.18 bits per heavy atom. The predicted octanol–water partition coefficient (Wildman–Crippen LogP) is 1.75. The van der Waals surface area contributed by atoms with E-state index in [9.17, 15) is 4.79 Å². The molecule has 0 bridgehead atoms. The van der Waals surface area contributed by atoms with Crippen LogP contribution < -0.4 is 5.73 Å². The second-order valence-electron chi connectivity index (χ2n) is 5.64. The topological polar surface area (TPSA) is 68.9 Å². The third kappa shape index (κ3) is 2.30. The van der Waals surface area contributed by atoms with Crippen molar-refractivity contribution in [2.45, 2.75) is 51.9 Å². The highest BCUT2D eigenvalue weighted by Gasteiger charge is 2.25. The van der Waals surface area contributed by atoms with Crippen LogP contribution in [-0.2, 0) is 18.3 Å². The van der Waals surface area contributed by atoms with Crippen molar-refractivity contribution in [1.82, 2.24) is 9.97 Å². The Morgan fingerprint density at radius 2 is 1.82 bits per heavy atom. The van der Waals surface area contributed by atoms with E-state index in [1.807, 2.05) is 20.8 Å². The van der Waals surface area contributed by atoms with Gasteiger partial charge in [0, 0.05) is 16.7 Å². The summed E-state index contributed by atoms with van der Waals surface area (Å²) >= 11 is 0. The molecule has 17 heavy (non-hydrogen) atoms. The van der Waals surface area contributed by atoms with Crippen molar-refractivity contribution in [3.63, 3.8) is 0 Å². The Bertz CT molecular complexity index is 460. The molecule has 4 nitrogen and oxygen atoms in total. The van der Waals surface area contributed by atoms with Gasteiger partial charge in [0.25, 0.3) is 5.91 Å². The molecule has 1 aromatic heterocycles. The third-order valence-electron chi connectivity index (χ3n) is 3.09. The van der Waals surface area contributed by atoms with Crippen LogP contribution >= 0.6 is 0 Å². The van der Waals surface area contributed by atoms with Crippen LogP contribution in [0.3, 0.4) is 0 Å². The summed E-state index contributed by atoms with van der Waals surface area (Å²) in [6.45, 7) is 6.13. The minimum Gasteiger partial charge on any atom is -0.364 e. The highest BCUT2D eigenvalue weighted by molar-refractivity contribution is 5.92. The summed E-state index contributed by atoms with van der Waals surface area (Å²) in [5.41, 5.74) is 7.68. The Balaban J connectivity index is 2.60. The highest BCUT2D eigenvalue weighted by atomic mass is 16.1. The minimum absolute atomic E-state index is 0.156. The first kappa shape index (κ1) is 12.0. The summed E-state index contributed by atoms with van der Waals surface area (Å²) in [7, 11) is 0. The highest BCUT2D eigenvalue weighted by Crippen LogP contribution is 2.26. The van der Waals surface area contributed by atoms with Crippen molar-refractivity contribution in [2.24, 2.45) is 5.73 Å². The number of fused-ring (bicyclic) bond motifs is 1. The van der Waals surface area contributed by atoms with Crippen molar-refractivity contribution in [3.8, 4) is 0 Å². The Kier molecular flexibility index (Phi) is 2.89. The second kappa shape index (κ2) is 4.09. The molecule has 0 atom stereocenters. The van der Waals surface area contributed by atoms with Crippen LogP contribution in [0.25, 0.3) is 0 Å². The van der Waals surface area contributed by atoms with E-state index >= 15 is 0 Å². The van der Waals surface area contributed by atoms with Crippen molar-refractivity contribution >= 4 is 5.91 Å². The van der Waals surface area contributed by atoms with Crippen LogP contribution in [-0.4, -0.2) is 15.9 Å². The Labute approximate surface area is 102 Å². The first-order valence-corrected chi connectivity index (χ1v) is 6.09. The molecule has 1 heterocycles. The maximum absolute atomic E-state index is 11.5. The molecule has 2 rings (SSSR count). The lowest BCUT2D eigenvalue weighted by molar-refractivity contribution is 0.0993. The first-order chi connectivity index (χ1) is 7.89. The van der Waals surface area contributed by atoms with Gasteiger partial charge in [-0.2, -0.15) is 0 Å². The molecule has 0 aliphatic heterocycles. The smallest absolute Gasteiger partial charge is 0.267 e. The zero-order valence-electron chi connectivity index (χ0n) is 10.7. The van der Waals surface area contributed by atoms with Gasteiger partial charge in [-0.05, 0) is 25.7 Å². The molecule has 4 heteroatoms. The maximum Gasteiger partial charge on any atom is 0.267 e. The van der Waals surface area contributed by atoms with Crippen LogP contribution in [0.15, 0.2) is 0 Å². The van der Waals surface area contributed by atoms with Gasteiger partial charge in [0.15, 0.2) is 0 Å². The number of hydrogen-bond donors (Lipinski definition) is 1. The average Bonchev–Trinajstić information content (AvgIpc) is 2.26. The van der Waals surface area contributed by atoms with Crippen molar-refractivity contribution < 1.29 is 4.79 Å². The summed E-state index contributed by atoms with van der Waals surface area (Å²) in [6, 6.07) is 0. The Hall–Kier alpha value is -1.45.